The van der Waals surface area contributed by atoms with E-state index < -0.39 is 20.5 Å². The molecule has 3 rings (SSSR count). The number of ether oxygens (including phenoxy) is 1. The number of rotatable bonds is 2. The normalized spacial score (nSPS) is 13.2. The second kappa shape index (κ2) is 9.71. The van der Waals surface area contributed by atoms with Crippen molar-refractivity contribution < 1.29 is 25.3 Å². The summed E-state index contributed by atoms with van der Waals surface area (Å²) in [7, 11) is 11.7. The molecule has 0 atom stereocenters. The van der Waals surface area contributed by atoms with Crippen LogP contribution in [0, 0.1) is 6.42 Å². The standard InChI is InChI=1S/C25H31O.2ClH.Hf/c1-16-13-18-15-21(25(5,6)7)23(26-8)22(20(18)14-16)17-9-11-19(12-10-17)24(2,3)4;;;/h9-15H,1-8H3;2*1H;/q;;;+2/p-2. The van der Waals surface area contributed by atoms with E-state index >= 15 is 0 Å². The molecule has 0 spiro atoms. The van der Waals surface area contributed by atoms with E-state index in [0.717, 1.165) is 5.75 Å². The molecule has 0 fully saturated rings. The Morgan fingerprint density at radius 2 is 1.45 bits per heavy atom. The minimum absolute atomic E-state index is 0.0187. The summed E-state index contributed by atoms with van der Waals surface area (Å²) >= 11 is -0.972. The third-order valence-corrected chi connectivity index (χ3v) is 5.16. The van der Waals surface area contributed by atoms with Gasteiger partial charge in [0.15, 0.2) is 0 Å². The molecular formula is C25H31Cl2HfO. The van der Waals surface area contributed by atoms with Crippen LogP contribution in [0.25, 0.3) is 17.2 Å². The van der Waals surface area contributed by atoms with Crippen LogP contribution in [0.15, 0.2) is 35.9 Å². The topological polar surface area (TPSA) is 9.23 Å². The molecule has 0 heterocycles. The molecule has 4 heteroatoms. The molecule has 2 aromatic carbocycles. The van der Waals surface area contributed by atoms with Gasteiger partial charge in [0, 0.05) is 17.5 Å². The number of allylic oxidation sites excluding steroid dienone is 1. The van der Waals surface area contributed by atoms with Crippen LogP contribution in [0.2, 0.25) is 0 Å². The number of hydrogen-bond acceptors (Lipinski definition) is 1. The average molecular weight is 597 g/mol. The molecule has 0 saturated heterocycles. The number of hydrogen-bond donors (Lipinski definition) is 0. The predicted octanol–water partition coefficient (Wildman–Crippen LogP) is 8.30. The van der Waals surface area contributed by atoms with Gasteiger partial charge in [-0.2, -0.15) is 0 Å². The molecule has 0 N–H and O–H groups in total. The Balaban J connectivity index is 0.000000941. The van der Waals surface area contributed by atoms with Crippen molar-refractivity contribution in [2.75, 3.05) is 7.11 Å². The second-order valence-electron chi connectivity index (χ2n) is 9.52. The first kappa shape index (κ1) is 24.7. The van der Waals surface area contributed by atoms with Gasteiger partial charge in [-0.15, -0.1) is 0 Å². The molecular weight excluding hydrogens is 566 g/mol. The van der Waals surface area contributed by atoms with Gasteiger partial charge in [-0.3, -0.25) is 0 Å². The van der Waals surface area contributed by atoms with Crippen molar-refractivity contribution in [1.29, 1.82) is 0 Å². The van der Waals surface area contributed by atoms with E-state index in [4.69, 9.17) is 21.9 Å². The number of halogens is 2. The summed E-state index contributed by atoms with van der Waals surface area (Å²) in [6.07, 6.45) is 4.55. The van der Waals surface area contributed by atoms with Crippen LogP contribution in [0.3, 0.4) is 0 Å². The van der Waals surface area contributed by atoms with Gasteiger partial charge in [-0.1, -0.05) is 83.5 Å². The van der Waals surface area contributed by atoms with Crippen molar-refractivity contribution in [3.63, 3.8) is 0 Å². The average Bonchev–Trinajstić information content (AvgIpc) is 2.99. The second-order valence-corrected chi connectivity index (χ2v) is 14.7. The van der Waals surface area contributed by atoms with Crippen molar-refractivity contribution >= 4 is 23.2 Å². The fourth-order valence-corrected chi connectivity index (χ4v) is 3.68. The minimum atomic E-state index is -0.972. The van der Waals surface area contributed by atoms with Gasteiger partial charge in [0.05, 0.1) is 7.11 Å². The van der Waals surface area contributed by atoms with Crippen LogP contribution >= 0.6 is 17.2 Å². The van der Waals surface area contributed by atoms with Crippen LogP contribution < -0.4 is 4.74 Å². The van der Waals surface area contributed by atoms with E-state index in [2.05, 4.69) is 91.3 Å². The molecule has 155 valence electrons. The molecule has 0 amide bonds. The summed E-state index contributed by atoms with van der Waals surface area (Å²) in [6.45, 7) is 15.7. The molecule has 0 unspecified atom stereocenters. The van der Waals surface area contributed by atoms with Crippen molar-refractivity contribution in [2.45, 2.75) is 59.3 Å². The monoisotopic (exact) mass is 597 g/mol. The third kappa shape index (κ3) is 5.77. The number of fused-ring (bicyclic) bond motifs is 1. The Kier molecular flexibility index (Phi) is 8.27. The first-order chi connectivity index (χ1) is 13.4. The maximum atomic E-state index is 5.97. The zero-order valence-corrected chi connectivity index (χ0v) is 23.8. The van der Waals surface area contributed by atoms with E-state index in [0.29, 0.717) is 0 Å². The Hall–Kier alpha value is -0.570. The molecule has 0 aliphatic heterocycles. The summed E-state index contributed by atoms with van der Waals surface area (Å²) in [5, 5.41) is 0. The van der Waals surface area contributed by atoms with Crippen molar-refractivity contribution in [2.24, 2.45) is 0 Å². The van der Waals surface area contributed by atoms with Gasteiger partial charge in [-0.05, 0) is 40.0 Å². The fourth-order valence-electron chi connectivity index (χ4n) is 3.68. The molecule has 2 aromatic rings. The Bertz CT molecular complexity index is 885. The molecule has 0 saturated carbocycles. The zero-order chi connectivity index (χ0) is 22.0. The number of methoxy groups -OCH3 is 1. The van der Waals surface area contributed by atoms with Gasteiger partial charge >= 0.3 is 37.7 Å². The summed E-state index contributed by atoms with van der Waals surface area (Å²) in [5.41, 5.74) is 9.07. The van der Waals surface area contributed by atoms with Gasteiger partial charge in [-0.25, -0.2) is 0 Å². The van der Waals surface area contributed by atoms with Crippen molar-refractivity contribution in [1.82, 2.24) is 0 Å². The van der Waals surface area contributed by atoms with E-state index in [1.165, 1.54) is 39.0 Å². The third-order valence-electron chi connectivity index (χ3n) is 5.16. The van der Waals surface area contributed by atoms with Crippen molar-refractivity contribution in [3.8, 4) is 16.9 Å². The van der Waals surface area contributed by atoms with Crippen LogP contribution in [0.1, 0.15) is 70.7 Å². The molecule has 1 nitrogen and oxygen atoms in total. The van der Waals surface area contributed by atoms with Crippen LogP contribution in [0.5, 0.6) is 5.75 Å². The molecule has 1 radical (unpaired) electrons. The first-order valence-corrected chi connectivity index (χ1v) is 18.7. The van der Waals surface area contributed by atoms with E-state index in [1.807, 2.05) is 0 Å². The molecule has 1 aliphatic carbocycles. The SMILES string of the molecule is COc1c(C(C)(C)C)cc2c(c1-c1ccc(C(C)(C)C)cc1)C=C(C)[CH]2.[Cl][Hf][Cl]. The summed E-state index contributed by atoms with van der Waals surface area (Å²) in [5.74, 6) is 0.999. The maximum absolute atomic E-state index is 5.97. The summed E-state index contributed by atoms with van der Waals surface area (Å²) < 4.78 is 5.97. The van der Waals surface area contributed by atoms with Crippen LogP contribution in [-0.2, 0) is 31.4 Å². The van der Waals surface area contributed by atoms with Crippen LogP contribution in [-0.4, -0.2) is 7.11 Å². The van der Waals surface area contributed by atoms with E-state index in [1.54, 1.807) is 7.11 Å². The van der Waals surface area contributed by atoms with Gasteiger partial charge in [0.1, 0.15) is 5.75 Å². The first-order valence-electron chi connectivity index (χ1n) is 9.79. The van der Waals surface area contributed by atoms with Crippen LogP contribution in [0.4, 0.5) is 0 Å². The summed E-state index contributed by atoms with van der Waals surface area (Å²) in [6, 6.07) is 11.3. The molecule has 0 bridgehead atoms. The molecule has 0 aromatic heterocycles. The molecule has 1 aliphatic rings. The summed E-state index contributed by atoms with van der Waals surface area (Å²) in [4.78, 5) is 0. The van der Waals surface area contributed by atoms with E-state index in [9.17, 15) is 0 Å². The Morgan fingerprint density at radius 1 is 0.897 bits per heavy atom. The number of benzene rings is 2. The van der Waals surface area contributed by atoms with Gasteiger partial charge < -0.3 is 4.74 Å². The fraction of sp³-hybridized carbons (Fsp3) is 0.400. The Labute approximate surface area is 195 Å². The van der Waals surface area contributed by atoms with E-state index in [-0.39, 0.29) is 10.8 Å². The van der Waals surface area contributed by atoms with Gasteiger partial charge in [0.2, 0.25) is 0 Å². The Morgan fingerprint density at radius 3 is 1.90 bits per heavy atom. The van der Waals surface area contributed by atoms with Crippen molar-refractivity contribution in [3.05, 3.63) is 64.6 Å². The van der Waals surface area contributed by atoms with Gasteiger partial charge in [0.25, 0.3) is 0 Å². The predicted molar refractivity (Wildman–Crippen MR) is 125 cm³/mol. The zero-order valence-electron chi connectivity index (χ0n) is 18.7. The quantitative estimate of drug-likeness (QED) is 0.317. The molecule has 29 heavy (non-hydrogen) atoms.